The molecule has 24 nitrogen and oxygen atoms in total. The van der Waals surface area contributed by atoms with E-state index in [2.05, 4.69) is 15.0 Å². The van der Waals surface area contributed by atoms with Crippen LogP contribution in [-0.2, 0) is 63.3 Å². The van der Waals surface area contributed by atoms with Crippen LogP contribution < -0.4 is 168 Å². The minimum atomic E-state index is -5.07. The SMILES string of the molecule is O=P(O)(O)C(CCCc1cccc(Oc2ccccn2)c1)S(=O)(=O)[O-].O=P(O)(O)C(CCCc1cccc(Oc2ccccn2)c1)S(=O)(=O)[O-].O=P(O)(O)C(CCCc1cccc(Oc2ccccn2)c1)S(=O)(=O)[O-].[K+].[K+].[K+]. The number of nitrogens with zero attached hydrogens (tertiary/aromatic N) is 3. The standard InChI is InChI=1S/3C15H18NO7PS.3K/c3*17-24(18,19)15(25(20,21)22)9-4-6-12-5-3-7-13(11-12)23-14-8-1-2-10-16-14;;;/h3*1-3,5,7-8,10-11,15H,4,6,9H2,(H2,17,18,19)(H,20,21,22);;;/q;;;3*+1/p-3. The second kappa shape index (κ2) is 35.8. The van der Waals surface area contributed by atoms with Crippen LogP contribution in [-0.4, -0.2) is 98.2 Å². The van der Waals surface area contributed by atoms with Gasteiger partial charge in [0.1, 0.15) is 47.6 Å². The number of aryl methyl sites for hydroxylation is 3. The van der Waals surface area contributed by atoms with Gasteiger partial charge in [-0.05, 0) is 129 Å². The molecule has 0 bridgehead atoms. The maximum Gasteiger partial charge on any atom is 1.00 e. The van der Waals surface area contributed by atoms with Gasteiger partial charge in [0.2, 0.25) is 17.6 Å². The zero-order valence-corrected chi connectivity index (χ0v) is 56.7. The van der Waals surface area contributed by atoms with E-state index in [-0.39, 0.29) is 173 Å². The minimum absolute atomic E-state index is 0. The summed E-state index contributed by atoms with van der Waals surface area (Å²) in [5, 5.41) is 0. The van der Waals surface area contributed by atoms with Gasteiger partial charge in [0.05, 0.1) is 0 Å². The number of benzene rings is 3. The molecule has 0 aliphatic rings. The molecule has 3 atom stereocenters. The van der Waals surface area contributed by atoms with Crippen molar-refractivity contribution in [3.05, 3.63) is 163 Å². The molecule has 0 saturated carbocycles. The van der Waals surface area contributed by atoms with Crippen molar-refractivity contribution >= 4 is 53.1 Å². The average molecular weight is 1280 g/mol. The Kier molecular flexibility index (Phi) is 34.7. The Morgan fingerprint density at radius 2 is 0.641 bits per heavy atom. The van der Waals surface area contributed by atoms with E-state index in [1.165, 1.54) is 0 Å². The molecule has 408 valence electrons. The fourth-order valence-electron chi connectivity index (χ4n) is 6.76. The van der Waals surface area contributed by atoms with E-state index in [1.807, 2.05) is 0 Å². The van der Waals surface area contributed by atoms with E-state index in [4.69, 9.17) is 43.6 Å². The molecule has 0 spiro atoms. The summed E-state index contributed by atoms with van der Waals surface area (Å²) in [7, 11) is -30.2. The molecule has 3 aromatic heterocycles. The van der Waals surface area contributed by atoms with Gasteiger partial charge in [-0.15, -0.1) is 0 Å². The van der Waals surface area contributed by atoms with Crippen LogP contribution in [0.5, 0.6) is 34.9 Å². The molecule has 0 radical (unpaired) electrons. The molecule has 3 heterocycles. The molecule has 3 aromatic carbocycles. The van der Waals surface area contributed by atoms with Crippen molar-refractivity contribution in [1.82, 2.24) is 15.0 Å². The van der Waals surface area contributed by atoms with Crippen LogP contribution in [0.25, 0.3) is 0 Å². The van der Waals surface area contributed by atoms with Crippen molar-refractivity contribution in [3.8, 4) is 34.9 Å². The molecule has 3 unspecified atom stereocenters. The van der Waals surface area contributed by atoms with Gasteiger partial charge in [-0.2, -0.15) is 0 Å². The van der Waals surface area contributed by atoms with Gasteiger partial charge in [0.15, 0.2) is 15.0 Å². The molecule has 6 N–H and O–H groups in total. The van der Waals surface area contributed by atoms with Gasteiger partial charge >= 0.3 is 177 Å². The summed E-state index contributed by atoms with van der Waals surface area (Å²) in [6, 6.07) is 36.5. The molecule has 6 aromatic rings. The maximum absolute atomic E-state index is 11.2. The van der Waals surface area contributed by atoms with Crippen molar-refractivity contribution in [2.24, 2.45) is 0 Å². The maximum atomic E-state index is 11.2. The zero-order valence-electron chi connectivity index (χ0n) is 42.2. The number of ether oxygens (including phenoxy) is 3. The first-order valence-corrected chi connectivity index (χ1v) is 31.5. The Balaban J connectivity index is 0.000000574. The predicted octanol–water partition coefficient (Wildman–Crippen LogP) is -2.25. The van der Waals surface area contributed by atoms with Crippen LogP contribution in [0.3, 0.4) is 0 Å². The number of pyridine rings is 3. The third kappa shape index (κ3) is 29.4. The van der Waals surface area contributed by atoms with Crippen molar-refractivity contribution in [2.45, 2.75) is 72.8 Å². The van der Waals surface area contributed by atoms with Crippen molar-refractivity contribution in [2.75, 3.05) is 0 Å². The first-order chi connectivity index (χ1) is 35.0. The van der Waals surface area contributed by atoms with Crippen LogP contribution in [0, 0.1) is 0 Å². The Labute approximate surface area is 579 Å². The Hall–Kier alpha value is -0.401. The van der Waals surface area contributed by atoms with Gasteiger partial charge in [-0.25, -0.2) is 40.2 Å². The van der Waals surface area contributed by atoms with Gasteiger partial charge < -0.3 is 57.2 Å². The topological polar surface area (TPSA) is 411 Å². The number of rotatable bonds is 24. The van der Waals surface area contributed by atoms with Gasteiger partial charge in [0.25, 0.3) is 0 Å². The van der Waals surface area contributed by atoms with Gasteiger partial charge in [-0.1, -0.05) is 54.6 Å². The molecule has 0 saturated heterocycles. The molecular weight excluding hydrogens is 1220 g/mol. The predicted molar refractivity (Wildman–Crippen MR) is 268 cm³/mol. The summed E-state index contributed by atoms with van der Waals surface area (Å²) < 4.78 is 149. The Bertz CT molecular complexity index is 2920. The van der Waals surface area contributed by atoms with Crippen LogP contribution in [0.15, 0.2) is 146 Å². The molecular formula is C45H51K3N3O21P3S3. The van der Waals surface area contributed by atoms with E-state index in [9.17, 15) is 52.6 Å². The normalized spacial score (nSPS) is 12.9. The summed E-state index contributed by atoms with van der Waals surface area (Å²) in [4.78, 5) is 59.6. The Morgan fingerprint density at radius 3 is 0.833 bits per heavy atom. The quantitative estimate of drug-likeness (QED) is 0.0212. The number of aromatic nitrogens is 3. The second-order valence-corrected chi connectivity index (χ2v) is 27.2. The first kappa shape index (κ1) is 75.6. The van der Waals surface area contributed by atoms with Crippen molar-refractivity contribution < 1.29 is 250 Å². The number of hydrogen-bond acceptors (Lipinski definition) is 18. The molecule has 6 rings (SSSR count). The van der Waals surface area contributed by atoms with E-state index in [0.29, 0.717) is 54.2 Å². The van der Waals surface area contributed by atoms with E-state index in [0.717, 1.165) is 16.7 Å². The summed E-state index contributed by atoms with van der Waals surface area (Å²) in [6.07, 6.45) is 4.92. The monoisotopic (exact) mass is 1280 g/mol. The molecule has 33 heteroatoms. The van der Waals surface area contributed by atoms with E-state index >= 15 is 0 Å². The molecule has 0 aliphatic carbocycles. The minimum Gasteiger partial charge on any atom is -0.747 e. The molecule has 0 fully saturated rings. The summed E-state index contributed by atoms with van der Waals surface area (Å²) >= 11 is 0. The molecule has 0 aliphatic heterocycles. The third-order valence-corrected chi connectivity index (χ3v) is 20.7. The van der Waals surface area contributed by atoms with Crippen molar-refractivity contribution in [1.29, 1.82) is 0 Å². The van der Waals surface area contributed by atoms with Gasteiger partial charge in [-0.3, -0.25) is 13.7 Å². The van der Waals surface area contributed by atoms with Crippen molar-refractivity contribution in [3.63, 3.8) is 0 Å². The molecule has 78 heavy (non-hydrogen) atoms. The largest absolute Gasteiger partial charge is 1.00 e. The van der Waals surface area contributed by atoms with E-state index in [1.54, 1.807) is 146 Å². The first-order valence-electron chi connectivity index (χ1n) is 22.0. The summed E-state index contributed by atoms with van der Waals surface area (Å²) in [6.45, 7) is 0. The van der Waals surface area contributed by atoms with E-state index < -0.39 is 87.4 Å². The summed E-state index contributed by atoms with van der Waals surface area (Å²) in [5.41, 5.74) is 2.34. The van der Waals surface area contributed by atoms with Crippen LogP contribution in [0.4, 0.5) is 0 Å². The second-order valence-electron chi connectivity index (χ2n) is 16.0. The van der Waals surface area contributed by atoms with Crippen LogP contribution >= 0.6 is 22.8 Å². The Morgan fingerprint density at radius 1 is 0.397 bits per heavy atom. The van der Waals surface area contributed by atoms with Gasteiger partial charge in [0, 0.05) is 36.8 Å². The molecule has 0 amide bonds. The number of hydrogen-bond donors (Lipinski definition) is 6. The third-order valence-electron chi connectivity index (χ3n) is 10.2. The van der Waals surface area contributed by atoms with Crippen LogP contribution in [0.1, 0.15) is 55.2 Å². The summed E-state index contributed by atoms with van der Waals surface area (Å²) in [5.74, 6) is 2.83. The smallest absolute Gasteiger partial charge is 0.747 e. The fourth-order valence-corrected chi connectivity index (χ4v) is 13.7. The average Bonchev–Trinajstić information content (AvgIpc) is 3.30. The zero-order chi connectivity index (χ0) is 55.5. The van der Waals surface area contributed by atoms with Crippen LogP contribution in [0.2, 0.25) is 0 Å². The fraction of sp³-hybridized carbons (Fsp3) is 0.267.